The fourth-order valence-electron chi connectivity index (χ4n) is 6.06. The van der Waals surface area contributed by atoms with Gasteiger partial charge in [0, 0.05) is 5.92 Å². The third-order valence-electron chi connectivity index (χ3n) is 8.55. The number of nitrogens with one attached hydrogen (secondary N) is 1. The topological polar surface area (TPSA) is 55.4 Å². The average molecular weight is 538 g/mol. The standard InChI is InChI=1S/C36H43NO3/c1-26-20-22-31(36(3,4)30-18-12-7-13-19-30)33(24-26)40-35(39)32(23-21-27(2)25-38)37-34(28-14-8-5-9-15-28)29-16-10-6-11-17-29/h5-19,21,25-26,31-34,37H,20,22-24H2,1-4H3/b27-21-/t26-,31-,32?,33-/m1/s1. The van der Waals surface area contributed by atoms with Crippen molar-refractivity contribution in [2.24, 2.45) is 11.8 Å². The lowest BCUT2D eigenvalue weighted by molar-refractivity contribution is -0.159. The van der Waals surface area contributed by atoms with Gasteiger partial charge < -0.3 is 4.74 Å². The quantitative estimate of drug-likeness (QED) is 0.155. The molecule has 1 saturated carbocycles. The summed E-state index contributed by atoms with van der Waals surface area (Å²) in [4.78, 5) is 25.4. The van der Waals surface area contributed by atoms with Crippen molar-refractivity contribution >= 4 is 12.3 Å². The number of ether oxygens (including phenoxy) is 1. The van der Waals surface area contributed by atoms with Crippen molar-refractivity contribution in [2.75, 3.05) is 0 Å². The Labute approximate surface area is 239 Å². The van der Waals surface area contributed by atoms with Crippen molar-refractivity contribution in [2.45, 2.75) is 77.0 Å². The molecule has 4 nitrogen and oxygen atoms in total. The Morgan fingerprint density at radius 1 is 0.925 bits per heavy atom. The van der Waals surface area contributed by atoms with E-state index in [1.165, 1.54) is 5.56 Å². The van der Waals surface area contributed by atoms with Crippen molar-refractivity contribution in [3.05, 3.63) is 119 Å². The summed E-state index contributed by atoms with van der Waals surface area (Å²) in [6.07, 6.45) is 5.84. The van der Waals surface area contributed by atoms with Crippen LogP contribution >= 0.6 is 0 Å². The molecule has 0 amide bonds. The minimum atomic E-state index is -0.613. The molecule has 0 heterocycles. The fourth-order valence-corrected chi connectivity index (χ4v) is 6.06. The Hall–Kier alpha value is -3.50. The van der Waals surface area contributed by atoms with Gasteiger partial charge in [0.1, 0.15) is 18.4 Å². The maximum atomic E-state index is 14.0. The highest BCUT2D eigenvalue weighted by Gasteiger charge is 2.42. The fraction of sp³-hybridized carbons (Fsp3) is 0.389. The van der Waals surface area contributed by atoms with Crippen molar-refractivity contribution in [3.63, 3.8) is 0 Å². The molecule has 1 unspecified atom stereocenters. The average Bonchev–Trinajstić information content (AvgIpc) is 2.98. The Morgan fingerprint density at radius 3 is 2.02 bits per heavy atom. The number of hydrogen-bond donors (Lipinski definition) is 1. The van der Waals surface area contributed by atoms with Gasteiger partial charge in [-0.15, -0.1) is 0 Å². The maximum absolute atomic E-state index is 14.0. The Morgan fingerprint density at radius 2 is 1.48 bits per heavy atom. The van der Waals surface area contributed by atoms with Crippen LogP contribution in [0.3, 0.4) is 0 Å². The van der Waals surface area contributed by atoms with Gasteiger partial charge in [0.15, 0.2) is 0 Å². The van der Waals surface area contributed by atoms with Crippen molar-refractivity contribution in [3.8, 4) is 0 Å². The first kappa shape index (κ1) is 29.5. The van der Waals surface area contributed by atoms with Crippen molar-refractivity contribution in [1.29, 1.82) is 0 Å². The first-order valence-electron chi connectivity index (χ1n) is 14.5. The van der Waals surface area contributed by atoms with E-state index < -0.39 is 6.04 Å². The van der Waals surface area contributed by atoms with Crippen LogP contribution in [0.5, 0.6) is 0 Å². The molecule has 0 radical (unpaired) electrons. The van der Waals surface area contributed by atoms with Gasteiger partial charge in [-0.25, -0.2) is 0 Å². The molecule has 1 fully saturated rings. The van der Waals surface area contributed by atoms with Crippen LogP contribution < -0.4 is 5.32 Å². The molecule has 0 aromatic heterocycles. The molecule has 210 valence electrons. The van der Waals surface area contributed by atoms with Crippen LogP contribution in [0.25, 0.3) is 0 Å². The smallest absolute Gasteiger partial charge is 0.323 e. The second-order valence-electron chi connectivity index (χ2n) is 11.9. The summed E-state index contributed by atoms with van der Waals surface area (Å²) >= 11 is 0. The molecule has 4 atom stereocenters. The normalized spacial score (nSPS) is 20.6. The molecular formula is C36H43NO3. The molecular weight excluding hydrogens is 494 g/mol. The number of aldehydes is 1. The van der Waals surface area contributed by atoms with Crippen LogP contribution in [0.15, 0.2) is 103 Å². The third-order valence-corrected chi connectivity index (χ3v) is 8.55. The largest absolute Gasteiger partial charge is 0.461 e. The molecule has 40 heavy (non-hydrogen) atoms. The van der Waals surface area contributed by atoms with Crippen LogP contribution in [0.2, 0.25) is 0 Å². The summed E-state index contributed by atoms with van der Waals surface area (Å²) < 4.78 is 6.46. The van der Waals surface area contributed by atoms with Gasteiger partial charge in [0.2, 0.25) is 0 Å². The van der Waals surface area contributed by atoms with Crippen molar-refractivity contribution < 1.29 is 14.3 Å². The molecule has 3 aromatic carbocycles. The predicted octanol–water partition coefficient (Wildman–Crippen LogP) is 7.60. The molecule has 4 heteroatoms. The first-order valence-corrected chi connectivity index (χ1v) is 14.5. The number of rotatable bonds is 11. The lowest BCUT2D eigenvalue weighted by atomic mass is 9.64. The van der Waals surface area contributed by atoms with Gasteiger partial charge >= 0.3 is 5.97 Å². The van der Waals surface area contributed by atoms with Gasteiger partial charge in [-0.05, 0) is 59.8 Å². The second-order valence-corrected chi connectivity index (χ2v) is 11.9. The summed E-state index contributed by atoms with van der Waals surface area (Å²) in [7, 11) is 0. The lowest BCUT2D eigenvalue weighted by Crippen LogP contribution is -2.47. The highest BCUT2D eigenvalue weighted by molar-refractivity contribution is 5.77. The van der Waals surface area contributed by atoms with Crippen LogP contribution in [0, 0.1) is 11.8 Å². The van der Waals surface area contributed by atoms with E-state index in [4.69, 9.17) is 4.74 Å². The first-order chi connectivity index (χ1) is 19.3. The minimum absolute atomic E-state index is 0.139. The zero-order valence-electron chi connectivity index (χ0n) is 24.3. The van der Waals surface area contributed by atoms with Crippen LogP contribution in [-0.4, -0.2) is 24.4 Å². The summed E-state index contributed by atoms with van der Waals surface area (Å²) in [6, 6.07) is 30.1. The molecule has 4 rings (SSSR count). The van der Waals surface area contributed by atoms with Gasteiger partial charge in [-0.3, -0.25) is 14.9 Å². The Kier molecular flexibility index (Phi) is 10.1. The number of allylic oxidation sites excluding steroid dienone is 1. The zero-order valence-corrected chi connectivity index (χ0v) is 24.3. The van der Waals surface area contributed by atoms with E-state index in [0.717, 1.165) is 36.7 Å². The molecule has 1 aliphatic carbocycles. The molecule has 0 spiro atoms. The molecule has 0 saturated heterocycles. The Balaban J connectivity index is 1.63. The van der Waals surface area contributed by atoms with E-state index in [1.807, 2.05) is 48.5 Å². The van der Waals surface area contributed by atoms with Gasteiger partial charge in [0.25, 0.3) is 0 Å². The molecule has 1 N–H and O–H groups in total. The molecule has 3 aromatic rings. The number of carbonyl (C=O) groups is 2. The van der Waals surface area contributed by atoms with E-state index >= 15 is 0 Å². The number of carbonyl (C=O) groups excluding carboxylic acids is 2. The summed E-state index contributed by atoms with van der Waals surface area (Å²) in [5, 5.41) is 3.62. The number of esters is 1. The van der Waals surface area contributed by atoms with Crippen LogP contribution in [0.4, 0.5) is 0 Å². The zero-order chi connectivity index (χ0) is 28.5. The summed E-state index contributed by atoms with van der Waals surface area (Å²) in [6.45, 7) is 8.56. The van der Waals surface area contributed by atoms with Crippen LogP contribution in [-0.2, 0) is 19.7 Å². The number of benzene rings is 3. The molecule has 0 aliphatic heterocycles. The minimum Gasteiger partial charge on any atom is -0.461 e. The van der Waals surface area contributed by atoms with E-state index in [1.54, 1.807) is 6.92 Å². The third kappa shape index (κ3) is 7.37. The second kappa shape index (κ2) is 13.7. The van der Waals surface area contributed by atoms with Crippen molar-refractivity contribution in [1.82, 2.24) is 5.32 Å². The molecule has 1 aliphatic rings. The van der Waals surface area contributed by atoms with E-state index in [9.17, 15) is 9.59 Å². The highest BCUT2D eigenvalue weighted by atomic mass is 16.5. The number of hydrogen-bond acceptors (Lipinski definition) is 4. The summed E-state index contributed by atoms with van der Waals surface area (Å²) in [5.41, 5.74) is 3.86. The van der Waals surface area contributed by atoms with E-state index in [2.05, 4.69) is 74.6 Å². The maximum Gasteiger partial charge on any atom is 0.323 e. The summed E-state index contributed by atoms with van der Waals surface area (Å²) in [5.74, 6) is 0.437. The Bertz CT molecular complexity index is 1210. The SMILES string of the molecule is C/C(C=O)=C/CC(NC(c1ccccc1)c1ccccc1)C(=O)O[C@@H]1C[C@H](C)CC[C@H]1C(C)(C)c1ccccc1. The molecule has 0 bridgehead atoms. The van der Waals surface area contributed by atoms with E-state index in [-0.39, 0.29) is 29.4 Å². The lowest BCUT2D eigenvalue weighted by Gasteiger charge is -2.44. The van der Waals surface area contributed by atoms with Gasteiger partial charge in [-0.2, -0.15) is 0 Å². The predicted molar refractivity (Wildman–Crippen MR) is 162 cm³/mol. The van der Waals surface area contributed by atoms with Crippen LogP contribution in [0.1, 0.15) is 76.1 Å². The monoisotopic (exact) mass is 537 g/mol. The van der Waals surface area contributed by atoms with Gasteiger partial charge in [-0.1, -0.05) is 124 Å². The highest BCUT2D eigenvalue weighted by Crippen LogP contribution is 2.43. The van der Waals surface area contributed by atoms with E-state index in [0.29, 0.717) is 17.9 Å². The van der Waals surface area contributed by atoms with Gasteiger partial charge in [0.05, 0.1) is 6.04 Å².